The Morgan fingerprint density at radius 2 is 2.27 bits per heavy atom. The van der Waals surface area contributed by atoms with Gasteiger partial charge in [-0.1, -0.05) is 13.0 Å². The van der Waals surface area contributed by atoms with Gasteiger partial charge >= 0.3 is 0 Å². The van der Waals surface area contributed by atoms with Crippen molar-refractivity contribution in [3.8, 4) is 6.07 Å². The Hall–Kier alpha value is -1.71. The highest BCUT2D eigenvalue weighted by Gasteiger charge is 2.33. The Kier molecular flexibility index (Phi) is 4.55. The van der Waals surface area contributed by atoms with Gasteiger partial charge in [0, 0.05) is 30.7 Å². The first kappa shape index (κ1) is 15.2. The van der Waals surface area contributed by atoms with Gasteiger partial charge in [-0.05, 0) is 30.7 Å². The van der Waals surface area contributed by atoms with Crippen LogP contribution >= 0.6 is 11.8 Å². The molecule has 22 heavy (non-hydrogen) atoms. The van der Waals surface area contributed by atoms with Crippen LogP contribution in [0.3, 0.4) is 0 Å². The molecule has 1 N–H and O–H groups in total. The van der Waals surface area contributed by atoms with E-state index in [1.54, 1.807) is 0 Å². The molecule has 0 atom stereocenters. The summed E-state index contributed by atoms with van der Waals surface area (Å²) >= 11 is 1.98. The lowest BCUT2D eigenvalue weighted by atomic mass is 9.99. The minimum absolute atomic E-state index is 0.176. The lowest BCUT2D eigenvalue weighted by Gasteiger charge is -2.36. The third kappa shape index (κ3) is 2.92. The summed E-state index contributed by atoms with van der Waals surface area (Å²) in [4.78, 5) is 4.55. The summed E-state index contributed by atoms with van der Waals surface area (Å²) in [7, 11) is 0. The molecule has 1 fully saturated rings. The number of imidazole rings is 1. The zero-order valence-corrected chi connectivity index (χ0v) is 13.5. The van der Waals surface area contributed by atoms with Crippen molar-refractivity contribution < 1.29 is 4.74 Å². The molecule has 0 radical (unpaired) electrons. The van der Waals surface area contributed by atoms with Crippen LogP contribution in [0.25, 0.3) is 5.65 Å². The summed E-state index contributed by atoms with van der Waals surface area (Å²) in [5.41, 5.74) is 1.37. The minimum atomic E-state index is 0.176. The normalized spacial score (nSPS) is 17.3. The molecule has 0 aliphatic carbocycles. The predicted octanol–water partition coefficient (Wildman–Crippen LogP) is 2.92. The lowest BCUT2D eigenvalue weighted by molar-refractivity contribution is 0.0801. The third-order valence-electron chi connectivity index (χ3n) is 4.07. The number of ether oxygens (including phenoxy) is 1. The Labute approximate surface area is 134 Å². The number of thioether (sulfide) groups is 1. The number of pyridine rings is 1. The number of nitrogens with one attached hydrogen (secondary N) is 1. The molecule has 0 saturated carbocycles. The molecule has 1 saturated heterocycles. The molecule has 3 rings (SSSR count). The molecule has 2 aromatic heterocycles. The Balaban J connectivity index is 1.82. The quantitative estimate of drug-likeness (QED) is 0.919. The van der Waals surface area contributed by atoms with E-state index >= 15 is 0 Å². The van der Waals surface area contributed by atoms with Gasteiger partial charge in [-0.3, -0.25) is 4.40 Å². The fourth-order valence-electron chi connectivity index (χ4n) is 2.89. The maximum atomic E-state index is 9.43. The second kappa shape index (κ2) is 6.59. The Morgan fingerprint density at radius 1 is 1.45 bits per heavy atom. The van der Waals surface area contributed by atoms with E-state index in [2.05, 4.69) is 23.3 Å². The van der Waals surface area contributed by atoms with Crippen LogP contribution in [-0.2, 0) is 4.74 Å². The van der Waals surface area contributed by atoms with E-state index in [9.17, 15) is 5.26 Å². The average Bonchev–Trinajstić information content (AvgIpc) is 2.92. The van der Waals surface area contributed by atoms with Gasteiger partial charge in [0.1, 0.15) is 11.7 Å². The minimum Gasteiger partial charge on any atom is -0.381 e. The first-order valence-electron chi connectivity index (χ1n) is 7.61. The van der Waals surface area contributed by atoms with E-state index < -0.39 is 0 Å². The van der Waals surface area contributed by atoms with Crippen LogP contribution in [0, 0.1) is 11.3 Å². The van der Waals surface area contributed by atoms with Gasteiger partial charge in [0.2, 0.25) is 0 Å². The van der Waals surface area contributed by atoms with Gasteiger partial charge in [-0.25, -0.2) is 4.98 Å². The molecule has 0 amide bonds. The zero-order chi connectivity index (χ0) is 15.4. The maximum absolute atomic E-state index is 9.43. The van der Waals surface area contributed by atoms with Crippen LogP contribution in [0.15, 0.2) is 24.4 Å². The van der Waals surface area contributed by atoms with Crippen LogP contribution in [-0.4, -0.2) is 39.6 Å². The van der Waals surface area contributed by atoms with Crippen molar-refractivity contribution in [1.82, 2.24) is 9.38 Å². The van der Waals surface area contributed by atoms with E-state index in [1.165, 1.54) is 0 Å². The lowest BCUT2D eigenvalue weighted by Crippen LogP contribution is -2.40. The van der Waals surface area contributed by atoms with Crippen LogP contribution < -0.4 is 5.32 Å². The van der Waals surface area contributed by atoms with Crippen LogP contribution in [0.1, 0.15) is 25.5 Å². The molecule has 6 heteroatoms. The zero-order valence-electron chi connectivity index (χ0n) is 12.7. The average molecular weight is 316 g/mol. The summed E-state index contributed by atoms with van der Waals surface area (Å²) in [5.74, 6) is 1.76. The summed E-state index contributed by atoms with van der Waals surface area (Å²) in [5, 5.41) is 12.9. The van der Waals surface area contributed by atoms with Crippen molar-refractivity contribution in [3.05, 3.63) is 30.1 Å². The predicted molar refractivity (Wildman–Crippen MR) is 89.3 cm³/mol. The fraction of sp³-hybridized carbons (Fsp3) is 0.500. The molecule has 0 aromatic carbocycles. The first-order valence-corrected chi connectivity index (χ1v) is 8.59. The standard InChI is InChI=1S/C16H20N4OS/c1-2-22-16(6-9-21-10-7-16)12-18-15-13(11-17)20-8-4-3-5-14(20)19-15/h3-5,8,18H,2,6-7,9-10,12H2,1H3. The van der Waals surface area contributed by atoms with Crippen LogP contribution in [0.2, 0.25) is 0 Å². The van der Waals surface area contributed by atoms with Gasteiger partial charge in [0.15, 0.2) is 11.5 Å². The van der Waals surface area contributed by atoms with Gasteiger partial charge in [-0.2, -0.15) is 17.0 Å². The number of nitrogens with zero attached hydrogens (tertiary/aromatic N) is 3. The number of aromatic nitrogens is 2. The van der Waals surface area contributed by atoms with E-state index in [4.69, 9.17) is 4.74 Å². The molecule has 0 bridgehead atoms. The number of nitriles is 1. The molecule has 5 nitrogen and oxygen atoms in total. The van der Waals surface area contributed by atoms with Gasteiger partial charge in [0.25, 0.3) is 0 Å². The van der Waals surface area contributed by atoms with Crippen molar-refractivity contribution in [2.24, 2.45) is 0 Å². The van der Waals surface area contributed by atoms with Gasteiger partial charge < -0.3 is 10.1 Å². The smallest absolute Gasteiger partial charge is 0.168 e. The summed E-state index contributed by atoms with van der Waals surface area (Å²) in [6.07, 6.45) is 3.94. The second-order valence-electron chi connectivity index (χ2n) is 5.43. The Morgan fingerprint density at radius 3 is 3.00 bits per heavy atom. The van der Waals surface area contributed by atoms with Crippen LogP contribution in [0.4, 0.5) is 5.82 Å². The van der Waals surface area contributed by atoms with E-state index in [0.717, 1.165) is 44.0 Å². The topological polar surface area (TPSA) is 62.4 Å². The van der Waals surface area contributed by atoms with Crippen molar-refractivity contribution in [2.75, 3.05) is 30.8 Å². The number of anilines is 1. The summed E-state index contributed by atoms with van der Waals surface area (Å²) in [6.45, 7) is 4.62. The molecule has 3 heterocycles. The number of hydrogen-bond acceptors (Lipinski definition) is 5. The van der Waals surface area contributed by atoms with Crippen LogP contribution in [0.5, 0.6) is 0 Å². The molecular weight excluding hydrogens is 296 g/mol. The highest BCUT2D eigenvalue weighted by Crippen LogP contribution is 2.35. The van der Waals surface area contributed by atoms with E-state index in [-0.39, 0.29) is 4.75 Å². The largest absolute Gasteiger partial charge is 0.381 e. The third-order valence-corrected chi connectivity index (χ3v) is 5.52. The van der Waals surface area contributed by atoms with E-state index in [1.807, 2.05) is 40.6 Å². The van der Waals surface area contributed by atoms with Crippen molar-refractivity contribution in [2.45, 2.75) is 24.5 Å². The molecule has 1 aliphatic heterocycles. The van der Waals surface area contributed by atoms with Gasteiger partial charge in [0.05, 0.1) is 0 Å². The maximum Gasteiger partial charge on any atom is 0.168 e. The molecule has 116 valence electrons. The fourth-order valence-corrected chi connectivity index (χ4v) is 4.13. The molecule has 2 aromatic rings. The van der Waals surface area contributed by atoms with Crippen molar-refractivity contribution in [3.63, 3.8) is 0 Å². The monoisotopic (exact) mass is 316 g/mol. The summed E-state index contributed by atoms with van der Waals surface area (Å²) < 4.78 is 7.50. The number of rotatable bonds is 5. The SMILES string of the molecule is CCSC1(CNc2nc3ccccn3c2C#N)CCOCC1. The number of hydrogen-bond donors (Lipinski definition) is 1. The molecule has 1 aliphatic rings. The van der Waals surface area contributed by atoms with Crippen molar-refractivity contribution >= 4 is 23.2 Å². The molecule has 0 unspecified atom stereocenters. The van der Waals surface area contributed by atoms with E-state index in [0.29, 0.717) is 11.5 Å². The summed E-state index contributed by atoms with van der Waals surface area (Å²) in [6, 6.07) is 8.01. The Bertz CT molecular complexity index is 679. The first-order chi connectivity index (χ1) is 10.8. The highest BCUT2D eigenvalue weighted by atomic mass is 32.2. The molecule has 0 spiro atoms. The highest BCUT2D eigenvalue weighted by molar-refractivity contribution is 8.00. The van der Waals surface area contributed by atoms with Gasteiger partial charge in [-0.15, -0.1) is 0 Å². The molecular formula is C16H20N4OS. The number of fused-ring (bicyclic) bond motifs is 1. The second-order valence-corrected chi connectivity index (χ2v) is 7.16. The van der Waals surface area contributed by atoms with Crippen molar-refractivity contribution in [1.29, 1.82) is 5.26 Å².